The molecule has 2 heterocycles. The minimum Gasteiger partial charge on any atom is -0.320 e. The van der Waals surface area contributed by atoms with E-state index in [0.29, 0.717) is 18.5 Å². The summed E-state index contributed by atoms with van der Waals surface area (Å²) in [7, 11) is 0. The van der Waals surface area contributed by atoms with Crippen LogP contribution in [0.2, 0.25) is 0 Å². The van der Waals surface area contributed by atoms with Crippen LogP contribution in [0.15, 0.2) is 24.3 Å². The second-order valence-electron chi connectivity index (χ2n) is 5.20. The van der Waals surface area contributed by atoms with Crippen LogP contribution < -0.4 is 5.32 Å². The third-order valence-electron chi connectivity index (χ3n) is 4.00. The summed E-state index contributed by atoms with van der Waals surface area (Å²) in [6.07, 6.45) is 0.639. The highest BCUT2D eigenvalue weighted by Crippen LogP contribution is 2.33. The number of benzene rings is 1. The van der Waals surface area contributed by atoms with Crippen LogP contribution in [-0.2, 0) is 16.1 Å². The summed E-state index contributed by atoms with van der Waals surface area (Å²) in [6, 6.07) is 7.35. The number of nitrogens with one attached hydrogen (secondary N) is 1. The molecule has 5 nitrogen and oxygen atoms in total. The van der Waals surface area contributed by atoms with E-state index in [0.717, 1.165) is 5.56 Å². The van der Waals surface area contributed by atoms with Gasteiger partial charge in [-0.3, -0.25) is 19.7 Å². The summed E-state index contributed by atoms with van der Waals surface area (Å²) in [5.74, 6) is -0.792. The predicted molar refractivity (Wildman–Crippen MR) is 67.1 cm³/mol. The quantitative estimate of drug-likeness (QED) is 0.759. The first-order valence-electron chi connectivity index (χ1n) is 6.26. The van der Waals surface area contributed by atoms with Crippen LogP contribution in [0.3, 0.4) is 0 Å². The van der Waals surface area contributed by atoms with Gasteiger partial charge in [-0.2, -0.15) is 0 Å². The Morgan fingerprint density at radius 2 is 1.95 bits per heavy atom. The minimum atomic E-state index is -0.940. The molecule has 0 aromatic heterocycles. The lowest BCUT2D eigenvalue weighted by atomic mass is 9.89. The zero-order chi connectivity index (χ0) is 13.6. The topological polar surface area (TPSA) is 66.5 Å². The van der Waals surface area contributed by atoms with E-state index in [-0.39, 0.29) is 24.1 Å². The van der Waals surface area contributed by atoms with Gasteiger partial charge in [-0.1, -0.05) is 18.2 Å². The van der Waals surface area contributed by atoms with Gasteiger partial charge in [0, 0.05) is 18.5 Å². The average Bonchev–Trinajstić information content (AvgIpc) is 2.73. The molecule has 19 heavy (non-hydrogen) atoms. The zero-order valence-corrected chi connectivity index (χ0v) is 10.6. The van der Waals surface area contributed by atoms with Gasteiger partial charge in [-0.05, 0) is 25.0 Å². The maximum atomic E-state index is 12.4. The van der Waals surface area contributed by atoms with Crippen LogP contribution >= 0.6 is 0 Å². The van der Waals surface area contributed by atoms with Crippen molar-refractivity contribution < 1.29 is 14.4 Å². The molecule has 2 aliphatic rings. The van der Waals surface area contributed by atoms with E-state index in [4.69, 9.17) is 0 Å². The Morgan fingerprint density at radius 1 is 1.21 bits per heavy atom. The Kier molecular flexibility index (Phi) is 2.45. The van der Waals surface area contributed by atoms with Crippen molar-refractivity contribution in [3.63, 3.8) is 0 Å². The zero-order valence-electron chi connectivity index (χ0n) is 10.6. The molecule has 1 unspecified atom stereocenters. The van der Waals surface area contributed by atoms with Gasteiger partial charge in [0.25, 0.3) is 11.8 Å². The molecule has 3 amide bonds. The number of piperidine rings is 1. The van der Waals surface area contributed by atoms with Gasteiger partial charge >= 0.3 is 0 Å². The van der Waals surface area contributed by atoms with Crippen molar-refractivity contribution in [2.45, 2.75) is 31.8 Å². The fourth-order valence-electron chi connectivity index (χ4n) is 2.70. The standard InChI is InChI=1S/C14H14N2O3/c1-14(7-6-11(17)15-13(14)19)16-8-9-4-2-3-5-10(9)12(16)18/h2-5H,6-8H2,1H3,(H,15,17,19). The van der Waals surface area contributed by atoms with E-state index < -0.39 is 5.54 Å². The molecule has 1 saturated heterocycles. The van der Waals surface area contributed by atoms with E-state index >= 15 is 0 Å². The number of rotatable bonds is 1. The first-order chi connectivity index (χ1) is 9.02. The van der Waals surface area contributed by atoms with E-state index in [1.807, 2.05) is 18.2 Å². The molecule has 0 radical (unpaired) electrons. The van der Waals surface area contributed by atoms with Gasteiger partial charge < -0.3 is 4.90 Å². The van der Waals surface area contributed by atoms with Gasteiger partial charge in [0.05, 0.1) is 0 Å². The van der Waals surface area contributed by atoms with Crippen LogP contribution in [0.5, 0.6) is 0 Å². The van der Waals surface area contributed by atoms with Crippen molar-refractivity contribution in [1.82, 2.24) is 10.2 Å². The van der Waals surface area contributed by atoms with Crippen molar-refractivity contribution in [2.24, 2.45) is 0 Å². The molecule has 0 bridgehead atoms. The Labute approximate surface area is 110 Å². The molecule has 1 N–H and O–H groups in total. The Balaban J connectivity index is 1.95. The number of imide groups is 1. The van der Waals surface area contributed by atoms with Crippen molar-refractivity contribution in [1.29, 1.82) is 0 Å². The highest BCUT2D eigenvalue weighted by atomic mass is 16.2. The van der Waals surface area contributed by atoms with Crippen molar-refractivity contribution in [3.8, 4) is 0 Å². The summed E-state index contributed by atoms with van der Waals surface area (Å²) >= 11 is 0. The van der Waals surface area contributed by atoms with Crippen LogP contribution in [0.1, 0.15) is 35.7 Å². The van der Waals surface area contributed by atoms with E-state index in [1.165, 1.54) is 0 Å². The lowest BCUT2D eigenvalue weighted by Gasteiger charge is -2.39. The van der Waals surface area contributed by atoms with Gasteiger partial charge in [0.2, 0.25) is 5.91 Å². The average molecular weight is 258 g/mol. The second kappa shape index (κ2) is 3.91. The molecule has 2 aliphatic heterocycles. The molecule has 1 aromatic rings. The molecule has 1 aromatic carbocycles. The highest BCUT2D eigenvalue weighted by molar-refractivity contribution is 6.07. The van der Waals surface area contributed by atoms with Gasteiger partial charge in [0.15, 0.2) is 0 Å². The van der Waals surface area contributed by atoms with E-state index in [9.17, 15) is 14.4 Å². The molecule has 98 valence electrons. The molecular formula is C14H14N2O3. The Morgan fingerprint density at radius 3 is 2.63 bits per heavy atom. The lowest BCUT2D eigenvalue weighted by Crippen LogP contribution is -2.61. The number of nitrogens with zero attached hydrogens (tertiary/aromatic N) is 1. The van der Waals surface area contributed by atoms with Crippen LogP contribution in [0.25, 0.3) is 0 Å². The number of carbonyl (C=O) groups is 3. The third kappa shape index (κ3) is 1.65. The fourth-order valence-corrected chi connectivity index (χ4v) is 2.70. The van der Waals surface area contributed by atoms with Crippen LogP contribution in [0, 0.1) is 0 Å². The highest BCUT2D eigenvalue weighted by Gasteiger charge is 2.48. The smallest absolute Gasteiger partial charge is 0.255 e. The van der Waals surface area contributed by atoms with Gasteiger partial charge in [0.1, 0.15) is 5.54 Å². The van der Waals surface area contributed by atoms with Gasteiger partial charge in [-0.25, -0.2) is 0 Å². The predicted octanol–water partition coefficient (Wildman–Crippen LogP) is 0.838. The largest absolute Gasteiger partial charge is 0.320 e. The number of amides is 3. The van der Waals surface area contributed by atoms with E-state index in [1.54, 1.807) is 17.9 Å². The molecule has 1 fully saturated rings. The summed E-state index contributed by atoms with van der Waals surface area (Å²) in [5.41, 5.74) is 0.635. The number of carbonyl (C=O) groups excluding carboxylic acids is 3. The Hall–Kier alpha value is -2.17. The van der Waals surface area contributed by atoms with Gasteiger partial charge in [-0.15, -0.1) is 0 Å². The summed E-state index contributed by atoms with van der Waals surface area (Å²) in [4.78, 5) is 37.3. The maximum absolute atomic E-state index is 12.4. The first kappa shape index (κ1) is 11.9. The molecule has 5 heteroatoms. The Bertz CT molecular complexity index is 596. The molecule has 0 aliphatic carbocycles. The number of fused-ring (bicyclic) bond motifs is 1. The summed E-state index contributed by atoms with van der Waals surface area (Å²) in [5, 5.41) is 2.32. The molecule has 0 saturated carbocycles. The molecular weight excluding hydrogens is 244 g/mol. The monoisotopic (exact) mass is 258 g/mol. The fraction of sp³-hybridized carbons (Fsp3) is 0.357. The summed E-state index contributed by atoms with van der Waals surface area (Å²) in [6.45, 7) is 2.14. The first-order valence-corrected chi connectivity index (χ1v) is 6.26. The lowest BCUT2D eigenvalue weighted by molar-refractivity contribution is -0.142. The minimum absolute atomic E-state index is 0.136. The van der Waals surface area contributed by atoms with Crippen molar-refractivity contribution in [3.05, 3.63) is 35.4 Å². The normalized spacial score (nSPS) is 26.4. The summed E-state index contributed by atoms with van der Waals surface area (Å²) < 4.78 is 0. The van der Waals surface area contributed by atoms with Crippen molar-refractivity contribution >= 4 is 17.7 Å². The van der Waals surface area contributed by atoms with E-state index in [2.05, 4.69) is 5.32 Å². The second-order valence-corrected chi connectivity index (χ2v) is 5.20. The maximum Gasteiger partial charge on any atom is 0.255 e. The number of hydrogen-bond donors (Lipinski definition) is 1. The van der Waals surface area contributed by atoms with Crippen molar-refractivity contribution in [2.75, 3.05) is 0 Å². The van der Waals surface area contributed by atoms with Crippen LogP contribution in [-0.4, -0.2) is 28.2 Å². The molecule has 1 atom stereocenters. The SMILES string of the molecule is CC1(N2Cc3ccccc3C2=O)CCC(=O)NC1=O. The number of hydrogen-bond acceptors (Lipinski definition) is 3. The van der Waals surface area contributed by atoms with Crippen LogP contribution in [0.4, 0.5) is 0 Å². The third-order valence-corrected chi connectivity index (χ3v) is 4.00. The molecule has 0 spiro atoms. The molecule has 3 rings (SSSR count).